The standard InChI is InChI=1S/C31H34N2O2S.C10H20N2.C6H12O/c1-4-5-7-12-22(2)28(19-20-36)32-23(3)25-17-18-29(30(34)21-25)33-31(35)27-16-11-10-15-26(27)24-13-8-6-9-14-24;1-2-8-12(9-3-1)10-4-6-11-7-5-10;1-3-4-5-6(2)7/h6,8-11,13-21,32,34,36H,3-5,7,12H2,1-2H3,(H,33,35);10-11H,1-9H2;3-5H2,1-2H3/b20-19-,28-22-;;. The molecule has 0 aromatic heterocycles. The van der Waals surface area contributed by atoms with Crippen molar-refractivity contribution in [3.63, 3.8) is 0 Å². The number of benzene rings is 3. The number of hydrogen-bond acceptors (Lipinski definition) is 7. The van der Waals surface area contributed by atoms with Gasteiger partial charge in [-0.05, 0) is 131 Å². The van der Waals surface area contributed by atoms with Crippen LogP contribution in [0.15, 0.2) is 102 Å². The largest absolute Gasteiger partial charge is 0.506 e. The second-order valence-corrected chi connectivity index (χ2v) is 14.8. The van der Waals surface area contributed by atoms with Crippen LogP contribution in [-0.4, -0.2) is 53.9 Å². The molecule has 2 fully saturated rings. The Bertz CT molecular complexity index is 1660. The summed E-state index contributed by atoms with van der Waals surface area (Å²) in [5.41, 5.74) is 6.19. The first-order chi connectivity index (χ1) is 26.7. The van der Waals surface area contributed by atoms with Crippen LogP contribution in [0.25, 0.3) is 16.8 Å². The number of amides is 1. The Hall–Kier alpha value is -4.11. The molecule has 2 aliphatic rings. The average Bonchev–Trinajstić information content (AvgIpc) is 3.22. The Kier molecular flexibility index (Phi) is 21.3. The minimum atomic E-state index is -0.290. The number of carbonyl (C=O) groups excluding carboxylic acids is 2. The number of allylic oxidation sites excluding steroid dienone is 2. The maximum absolute atomic E-state index is 13.1. The molecular formula is C47H66N4O3S. The van der Waals surface area contributed by atoms with E-state index in [9.17, 15) is 14.7 Å². The number of carbonyl (C=O) groups is 2. The van der Waals surface area contributed by atoms with Crippen LogP contribution in [0.1, 0.15) is 121 Å². The smallest absolute Gasteiger partial charge is 0.256 e. The molecule has 0 aliphatic carbocycles. The number of likely N-dealkylation sites (tertiary alicyclic amines) is 1. The van der Waals surface area contributed by atoms with Crippen molar-refractivity contribution in [1.29, 1.82) is 0 Å². The van der Waals surface area contributed by atoms with Gasteiger partial charge in [-0.2, -0.15) is 12.6 Å². The highest BCUT2D eigenvalue weighted by atomic mass is 32.1. The van der Waals surface area contributed by atoms with Gasteiger partial charge >= 0.3 is 0 Å². The van der Waals surface area contributed by atoms with Crippen LogP contribution in [0, 0.1) is 0 Å². The van der Waals surface area contributed by atoms with E-state index < -0.39 is 0 Å². The van der Waals surface area contributed by atoms with Crippen LogP contribution in [-0.2, 0) is 4.79 Å². The summed E-state index contributed by atoms with van der Waals surface area (Å²) in [5, 5.41) is 22.0. The molecule has 0 spiro atoms. The van der Waals surface area contributed by atoms with Crippen LogP contribution in [0.4, 0.5) is 5.69 Å². The fourth-order valence-corrected chi connectivity index (χ4v) is 6.97. The van der Waals surface area contributed by atoms with Crippen LogP contribution in [0.2, 0.25) is 0 Å². The first-order valence-corrected chi connectivity index (χ1v) is 20.9. The molecule has 0 radical (unpaired) electrons. The van der Waals surface area contributed by atoms with E-state index in [2.05, 4.69) is 60.8 Å². The van der Waals surface area contributed by atoms with Gasteiger partial charge in [0.1, 0.15) is 11.5 Å². The summed E-state index contributed by atoms with van der Waals surface area (Å²) in [4.78, 5) is 26.0. The van der Waals surface area contributed by atoms with Gasteiger partial charge in [0.25, 0.3) is 5.91 Å². The minimum Gasteiger partial charge on any atom is -0.506 e. The molecule has 7 nitrogen and oxygen atoms in total. The van der Waals surface area contributed by atoms with Gasteiger partial charge in [0, 0.05) is 35.0 Å². The number of nitrogens with one attached hydrogen (secondary N) is 3. The number of thiol groups is 1. The Labute approximate surface area is 337 Å². The van der Waals surface area contributed by atoms with Crippen molar-refractivity contribution < 1.29 is 14.7 Å². The summed E-state index contributed by atoms with van der Waals surface area (Å²) in [6.45, 7) is 17.4. The molecule has 3 aromatic rings. The Morgan fingerprint density at radius 3 is 2.18 bits per heavy atom. The molecule has 5 rings (SSSR count). The van der Waals surface area contributed by atoms with Crippen molar-refractivity contribution in [2.24, 2.45) is 0 Å². The number of phenolic OH excluding ortho intramolecular Hbond substituents is 1. The number of phenols is 1. The summed E-state index contributed by atoms with van der Waals surface area (Å²) in [6, 6.07) is 23.2. The van der Waals surface area contributed by atoms with E-state index in [0.717, 1.165) is 60.5 Å². The van der Waals surface area contributed by atoms with Crippen LogP contribution in [0.3, 0.4) is 0 Å². The number of anilines is 1. The third-order valence-corrected chi connectivity index (χ3v) is 10.2. The fourth-order valence-electron chi connectivity index (χ4n) is 6.82. The van der Waals surface area contributed by atoms with E-state index in [4.69, 9.17) is 0 Å². The van der Waals surface area contributed by atoms with Gasteiger partial charge in [-0.15, -0.1) is 0 Å². The lowest BCUT2D eigenvalue weighted by Crippen LogP contribution is -2.45. The molecule has 3 aromatic carbocycles. The molecule has 2 saturated heterocycles. The van der Waals surface area contributed by atoms with Crippen LogP contribution in [0.5, 0.6) is 5.75 Å². The number of aromatic hydroxyl groups is 1. The van der Waals surface area contributed by atoms with Gasteiger partial charge in [0.05, 0.1) is 5.69 Å². The Balaban J connectivity index is 0.000000346. The van der Waals surface area contributed by atoms with Crippen molar-refractivity contribution >= 4 is 35.7 Å². The summed E-state index contributed by atoms with van der Waals surface area (Å²) < 4.78 is 0. The second-order valence-electron chi connectivity index (χ2n) is 14.6. The molecule has 0 bridgehead atoms. The minimum absolute atomic E-state index is 0.0315. The molecule has 2 aliphatic heterocycles. The van der Waals surface area contributed by atoms with Crippen LogP contribution < -0.4 is 16.0 Å². The quantitative estimate of drug-likeness (QED) is 0.0458. The number of nitrogens with zero attached hydrogens (tertiary/aromatic N) is 1. The summed E-state index contributed by atoms with van der Waals surface area (Å²) in [7, 11) is 0. The summed E-state index contributed by atoms with van der Waals surface area (Å²) in [5.74, 6) is -0.0147. The number of piperidine rings is 2. The van der Waals surface area contributed by atoms with Crippen molar-refractivity contribution in [3.8, 4) is 16.9 Å². The van der Waals surface area contributed by atoms with Crippen molar-refractivity contribution in [2.45, 2.75) is 111 Å². The lowest BCUT2D eigenvalue weighted by molar-refractivity contribution is -0.117. The zero-order valence-corrected chi connectivity index (χ0v) is 34.7. The molecule has 298 valence electrons. The molecule has 8 heteroatoms. The van der Waals surface area contributed by atoms with Gasteiger partial charge in [-0.1, -0.05) is 101 Å². The van der Waals surface area contributed by atoms with Crippen molar-refractivity contribution in [3.05, 3.63) is 113 Å². The van der Waals surface area contributed by atoms with Gasteiger partial charge in [0.2, 0.25) is 0 Å². The van der Waals surface area contributed by atoms with Crippen LogP contribution >= 0.6 is 12.6 Å². The second kappa shape index (κ2) is 25.9. The monoisotopic (exact) mass is 766 g/mol. The highest BCUT2D eigenvalue weighted by Crippen LogP contribution is 2.30. The highest BCUT2D eigenvalue weighted by molar-refractivity contribution is 7.83. The molecule has 55 heavy (non-hydrogen) atoms. The van der Waals surface area contributed by atoms with Gasteiger partial charge in [0.15, 0.2) is 0 Å². The summed E-state index contributed by atoms with van der Waals surface area (Å²) in [6.07, 6.45) is 16.4. The average molecular weight is 767 g/mol. The number of unbranched alkanes of at least 4 members (excludes halogenated alkanes) is 3. The van der Waals surface area contributed by atoms with E-state index in [0.29, 0.717) is 22.7 Å². The molecule has 1 amide bonds. The fraction of sp³-hybridized carbons (Fsp3) is 0.447. The Morgan fingerprint density at radius 2 is 1.56 bits per heavy atom. The molecule has 2 heterocycles. The molecule has 0 saturated carbocycles. The molecule has 0 atom stereocenters. The number of hydrogen-bond donors (Lipinski definition) is 5. The van der Waals surface area contributed by atoms with Crippen molar-refractivity contribution in [2.75, 3.05) is 31.5 Å². The first kappa shape index (κ1) is 45.3. The van der Waals surface area contributed by atoms with E-state index in [-0.39, 0.29) is 11.7 Å². The maximum atomic E-state index is 13.1. The Morgan fingerprint density at radius 1 is 0.891 bits per heavy atom. The van der Waals surface area contributed by atoms with E-state index in [1.54, 1.807) is 30.5 Å². The maximum Gasteiger partial charge on any atom is 0.256 e. The van der Waals surface area contributed by atoms with E-state index in [1.807, 2.05) is 60.7 Å². The SMILES string of the molecule is C1CCN(C2CCNCC2)CC1.C=C(NC(/C=C\S)=C(/C)CCCCC)c1ccc(NC(=O)c2ccccc2-c2ccccc2)c(O)c1.CCCCC(C)=O. The first-order valence-electron chi connectivity index (χ1n) is 20.4. The molecule has 4 N–H and O–H groups in total. The third kappa shape index (κ3) is 16.3. The highest BCUT2D eigenvalue weighted by Gasteiger charge is 2.22. The molecular weight excluding hydrogens is 701 g/mol. The zero-order valence-electron chi connectivity index (χ0n) is 33.8. The summed E-state index contributed by atoms with van der Waals surface area (Å²) >= 11 is 4.23. The van der Waals surface area contributed by atoms with E-state index >= 15 is 0 Å². The lowest BCUT2D eigenvalue weighted by atomic mass is 9.99. The van der Waals surface area contributed by atoms with Gasteiger partial charge in [-0.3, -0.25) is 4.79 Å². The lowest BCUT2D eigenvalue weighted by Gasteiger charge is -2.36. The topological polar surface area (TPSA) is 93.7 Å². The normalized spacial score (nSPS) is 15.1. The molecule has 0 unspecified atom stereocenters. The van der Waals surface area contributed by atoms with Crippen molar-refractivity contribution in [1.82, 2.24) is 15.5 Å². The third-order valence-electron chi connectivity index (χ3n) is 10.1. The zero-order chi connectivity index (χ0) is 39.8. The number of Topliss-reactive ketones (excluding diaryl/α,β-unsaturated/α-hetero) is 1. The number of ketones is 1. The predicted molar refractivity (Wildman–Crippen MR) is 237 cm³/mol. The van der Waals surface area contributed by atoms with E-state index in [1.165, 1.54) is 76.7 Å². The predicted octanol–water partition coefficient (Wildman–Crippen LogP) is 11.2. The van der Waals surface area contributed by atoms with Gasteiger partial charge < -0.3 is 30.8 Å². The number of rotatable bonds is 15. The van der Waals surface area contributed by atoms with Gasteiger partial charge in [-0.25, -0.2) is 0 Å².